The molecule has 1 aliphatic carbocycles. The summed E-state index contributed by atoms with van der Waals surface area (Å²) in [6.07, 6.45) is 5.15. The summed E-state index contributed by atoms with van der Waals surface area (Å²) < 4.78 is 5.27. The van der Waals surface area contributed by atoms with Gasteiger partial charge in [-0.2, -0.15) is 0 Å². The molecule has 0 aromatic carbocycles. The van der Waals surface area contributed by atoms with E-state index in [1.54, 1.807) is 7.11 Å². The largest absolute Gasteiger partial charge is 0.481 e. The highest BCUT2D eigenvalue weighted by Gasteiger charge is 2.30. The van der Waals surface area contributed by atoms with E-state index in [1.807, 2.05) is 6.92 Å². The van der Waals surface area contributed by atoms with Crippen LogP contribution < -0.4 is 0 Å². The average Bonchev–Trinajstić information content (AvgIpc) is 2.19. The predicted octanol–water partition coefficient (Wildman–Crippen LogP) is 2.30. The summed E-state index contributed by atoms with van der Waals surface area (Å²) in [6.45, 7) is 1.96. The average molecular weight is 200 g/mol. The van der Waals surface area contributed by atoms with Crippen LogP contribution in [0.5, 0.6) is 0 Å². The first kappa shape index (κ1) is 11.5. The van der Waals surface area contributed by atoms with Crippen LogP contribution in [0.3, 0.4) is 0 Å². The lowest BCUT2D eigenvalue weighted by Crippen LogP contribution is -2.29. The van der Waals surface area contributed by atoms with Gasteiger partial charge in [-0.05, 0) is 38.0 Å². The highest BCUT2D eigenvalue weighted by Crippen LogP contribution is 2.32. The lowest BCUT2D eigenvalue weighted by atomic mass is 9.78. The molecule has 0 aromatic rings. The number of aliphatic carboxylic acids is 1. The van der Waals surface area contributed by atoms with Gasteiger partial charge in [-0.3, -0.25) is 4.79 Å². The van der Waals surface area contributed by atoms with Gasteiger partial charge >= 0.3 is 5.97 Å². The first-order valence-corrected chi connectivity index (χ1v) is 5.44. The smallest absolute Gasteiger partial charge is 0.306 e. The van der Waals surface area contributed by atoms with Gasteiger partial charge in [0, 0.05) is 7.11 Å². The van der Waals surface area contributed by atoms with E-state index in [0.29, 0.717) is 12.0 Å². The Kier molecular flexibility index (Phi) is 4.39. The van der Waals surface area contributed by atoms with Crippen molar-refractivity contribution in [1.82, 2.24) is 0 Å². The van der Waals surface area contributed by atoms with Crippen molar-refractivity contribution in [2.45, 2.75) is 45.1 Å². The van der Waals surface area contributed by atoms with E-state index in [9.17, 15) is 4.79 Å². The molecular weight excluding hydrogens is 180 g/mol. The minimum absolute atomic E-state index is 0.146. The van der Waals surface area contributed by atoms with Gasteiger partial charge in [-0.15, -0.1) is 0 Å². The van der Waals surface area contributed by atoms with Crippen molar-refractivity contribution in [2.24, 2.45) is 11.8 Å². The standard InChI is InChI=1S/C11H20O3/c1-3-10(11(12)13)8-4-6-9(14-2)7-5-8/h8-10H,3-7H2,1-2H3,(H,12,13)/t8?,9?,10-/m0/s1. The zero-order valence-electron chi connectivity index (χ0n) is 9.03. The van der Waals surface area contributed by atoms with Crippen LogP contribution in [0.1, 0.15) is 39.0 Å². The molecule has 1 aliphatic rings. The van der Waals surface area contributed by atoms with Gasteiger partial charge in [-0.1, -0.05) is 6.92 Å². The number of methoxy groups -OCH3 is 1. The number of carbonyl (C=O) groups is 1. The van der Waals surface area contributed by atoms with E-state index in [1.165, 1.54) is 0 Å². The summed E-state index contributed by atoms with van der Waals surface area (Å²) in [5.41, 5.74) is 0. The van der Waals surface area contributed by atoms with Crippen molar-refractivity contribution in [1.29, 1.82) is 0 Å². The maximum absolute atomic E-state index is 10.9. The third kappa shape index (κ3) is 2.71. The molecule has 14 heavy (non-hydrogen) atoms. The van der Waals surface area contributed by atoms with Crippen molar-refractivity contribution < 1.29 is 14.6 Å². The van der Waals surface area contributed by atoms with Gasteiger partial charge in [-0.25, -0.2) is 0 Å². The van der Waals surface area contributed by atoms with Crippen molar-refractivity contribution in [3.63, 3.8) is 0 Å². The van der Waals surface area contributed by atoms with E-state index >= 15 is 0 Å². The summed E-state index contributed by atoms with van der Waals surface area (Å²) in [6, 6.07) is 0. The fraction of sp³-hybridized carbons (Fsp3) is 0.909. The summed E-state index contributed by atoms with van der Waals surface area (Å²) in [4.78, 5) is 10.9. The Labute approximate surface area is 85.5 Å². The Bertz CT molecular complexity index is 183. The molecule has 0 unspecified atom stereocenters. The summed E-state index contributed by atoms with van der Waals surface area (Å²) >= 11 is 0. The molecule has 1 N–H and O–H groups in total. The quantitative estimate of drug-likeness (QED) is 0.757. The van der Waals surface area contributed by atoms with Crippen LogP contribution in [0.4, 0.5) is 0 Å². The molecule has 3 nitrogen and oxygen atoms in total. The monoisotopic (exact) mass is 200 g/mol. The van der Waals surface area contributed by atoms with Gasteiger partial charge in [0.15, 0.2) is 0 Å². The highest BCUT2D eigenvalue weighted by molar-refractivity contribution is 5.70. The normalized spacial score (nSPS) is 29.9. The van der Waals surface area contributed by atoms with E-state index in [2.05, 4.69) is 0 Å². The molecule has 1 rings (SSSR count). The fourth-order valence-electron chi connectivity index (χ4n) is 2.44. The van der Waals surface area contributed by atoms with E-state index in [0.717, 1.165) is 32.1 Å². The third-order valence-electron chi connectivity index (χ3n) is 3.38. The molecule has 0 radical (unpaired) electrons. The van der Waals surface area contributed by atoms with Gasteiger partial charge < -0.3 is 9.84 Å². The molecule has 0 heterocycles. The van der Waals surface area contributed by atoms with Crippen LogP contribution in [0.15, 0.2) is 0 Å². The van der Waals surface area contributed by atoms with Crippen molar-refractivity contribution in [2.75, 3.05) is 7.11 Å². The van der Waals surface area contributed by atoms with Crippen LogP contribution in [0, 0.1) is 11.8 Å². The van der Waals surface area contributed by atoms with Gasteiger partial charge in [0.2, 0.25) is 0 Å². The zero-order chi connectivity index (χ0) is 10.6. The van der Waals surface area contributed by atoms with Crippen LogP contribution in [0.2, 0.25) is 0 Å². The number of hydrogen-bond acceptors (Lipinski definition) is 2. The second kappa shape index (κ2) is 5.35. The highest BCUT2D eigenvalue weighted by atomic mass is 16.5. The van der Waals surface area contributed by atoms with E-state index < -0.39 is 5.97 Å². The van der Waals surface area contributed by atoms with Crippen LogP contribution >= 0.6 is 0 Å². The topological polar surface area (TPSA) is 46.5 Å². The van der Waals surface area contributed by atoms with Crippen LogP contribution in [0.25, 0.3) is 0 Å². The second-order valence-electron chi connectivity index (χ2n) is 4.13. The summed E-state index contributed by atoms with van der Waals surface area (Å²) in [5, 5.41) is 9.02. The summed E-state index contributed by atoms with van der Waals surface area (Å²) in [5.74, 6) is -0.412. The SMILES string of the molecule is CC[C@H](C(=O)O)C1CCC(OC)CC1. The van der Waals surface area contributed by atoms with Crippen molar-refractivity contribution in [3.05, 3.63) is 0 Å². The Morgan fingerprint density at radius 2 is 2.00 bits per heavy atom. The molecule has 0 bridgehead atoms. The minimum Gasteiger partial charge on any atom is -0.481 e. The Morgan fingerprint density at radius 1 is 1.43 bits per heavy atom. The maximum atomic E-state index is 10.9. The number of carboxylic acids is 1. The van der Waals surface area contributed by atoms with E-state index in [4.69, 9.17) is 9.84 Å². The first-order chi connectivity index (χ1) is 6.69. The molecule has 0 aromatic heterocycles. The number of carboxylic acid groups (broad SMARTS) is 1. The molecule has 0 amide bonds. The van der Waals surface area contributed by atoms with Gasteiger partial charge in [0.25, 0.3) is 0 Å². The lowest BCUT2D eigenvalue weighted by Gasteiger charge is -2.30. The molecule has 1 atom stereocenters. The van der Waals surface area contributed by atoms with Crippen molar-refractivity contribution in [3.8, 4) is 0 Å². The molecule has 82 valence electrons. The number of ether oxygens (including phenoxy) is 1. The molecule has 1 fully saturated rings. The Balaban J connectivity index is 2.43. The van der Waals surface area contributed by atoms with Crippen LogP contribution in [-0.2, 0) is 9.53 Å². The zero-order valence-corrected chi connectivity index (χ0v) is 9.03. The minimum atomic E-state index is -0.631. The van der Waals surface area contributed by atoms with Gasteiger partial charge in [0.1, 0.15) is 0 Å². The maximum Gasteiger partial charge on any atom is 0.306 e. The lowest BCUT2D eigenvalue weighted by molar-refractivity contribution is -0.144. The molecule has 0 aliphatic heterocycles. The second-order valence-corrected chi connectivity index (χ2v) is 4.13. The Morgan fingerprint density at radius 3 is 2.36 bits per heavy atom. The molecule has 0 spiro atoms. The first-order valence-electron chi connectivity index (χ1n) is 5.44. The number of rotatable bonds is 4. The number of hydrogen-bond donors (Lipinski definition) is 1. The molecule has 1 saturated carbocycles. The molecule has 0 saturated heterocycles. The summed E-state index contributed by atoms with van der Waals surface area (Å²) in [7, 11) is 1.74. The third-order valence-corrected chi connectivity index (χ3v) is 3.38. The van der Waals surface area contributed by atoms with Gasteiger partial charge in [0.05, 0.1) is 12.0 Å². The molecule has 3 heteroatoms. The van der Waals surface area contributed by atoms with E-state index in [-0.39, 0.29) is 5.92 Å². The molecular formula is C11H20O3. The van der Waals surface area contributed by atoms with Crippen LogP contribution in [-0.4, -0.2) is 24.3 Å². The Hall–Kier alpha value is -0.570. The van der Waals surface area contributed by atoms with Crippen molar-refractivity contribution >= 4 is 5.97 Å². The fourth-order valence-corrected chi connectivity index (χ4v) is 2.44. The predicted molar refractivity (Wildman–Crippen MR) is 54.2 cm³/mol.